The Balaban J connectivity index is 1.53. The summed E-state index contributed by atoms with van der Waals surface area (Å²) in [6.07, 6.45) is 7.26. The highest BCUT2D eigenvalue weighted by molar-refractivity contribution is 9.10. The standard InChI is InChI=1S/C16H15BrN2O3/c17-12-3-5-15(18-10-12)22-14-7-8-19(11-14)16(20)6-4-13-2-1-9-21-13/h1-6,9-10,14H,7-8,11H2/b6-4+/t14-/m1/s1. The van der Waals surface area contributed by atoms with Crippen LogP contribution in [0.3, 0.4) is 0 Å². The zero-order valence-corrected chi connectivity index (χ0v) is 13.4. The number of aromatic nitrogens is 1. The maximum atomic E-state index is 12.1. The van der Waals surface area contributed by atoms with Crippen LogP contribution in [0.4, 0.5) is 0 Å². The first-order valence-electron chi connectivity index (χ1n) is 6.99. The Hall–Kier alpha value is -2.08. The molecule has 0 spiro atoms. The molecule has 1 atom stereocenters. The van der Waals surface area contributed by atoms with Crippen LogP contribution in [0.2, 0.25) is 0 Å². The van der Waals surface area contributed by atoms with E-state index in [0.29, 0.717) is 24.7 Å². The Morgan fingerprint density at radius 3 is 3.09 bits per heavy atom. The molecule has 1 aliphatic rings. The maximum absolute atomic E-state index is 12.1. The van der Waals surface area contributed by atoms with Gasteiger partial charge in [-0.1, -0.05) is 0 Å². The number of carbonyl (C=O) groups is 1. The Bertz CT molecular complexity index is 653. The zero-order chi connectivity index (χ0) is 15.4. The van der Waals surface area contributed by atoms with Gasteiger partial charge in [-0.05, 0) is 40.2 Å². The first-order valence-corrected chi connectivity index (χ1v) is 7.79. The van der Waals surface area contributed by atoms with Crippen LogP contribution in [0.5, 0.6) is 5.88 Å². The van der Waals surface area contributed by atoms with E-state index in [1.807, 2.05) is 12.1 Å². The van der Waals surface area contributed by atoms with Gasteiger partial charge in [0.2, 0.25) is 11.8 Å². The van der Waals surface area contributed by atoms with Gasteiger partial charge in [0.15, 0.2) is 0 Å². The summed E-state index contributed by atoms with van der Waals surface area (Å²) in [5.41, 5.74) is 0. The van der Waals surface area contributed by atoms with Gasteiger partial charge in [-0.2, -0.15) is 0 Å². The van der Waals surface area contributed by atoms with Crippen molar-refractivity contribution >= 4 is 27.9 Å². The minimum absolute atomic E-state index is 0.0189. The molecule has 0 unspecified atom stereocenters. The summed E-state index contributed by atoms with van der Waals surface area (Å²) in [6.45, 7) is 1.25. The fourth-order valence-electron chi connectivity index (χ4n) is 2.27. The molecule has 3 rings (SSSR count). The molecule has 0 aromatic carbocycles. The van der Waals surface area contributed by atoms with Crippen molar-refractivity contribution in [2.75, 3.05) is 13.1 Å². The van der Waals surface area contributed by atoms with Crippen molar-refractivity contribution in [2.45, 2.75) is 12.5 Å². The average Bonchev–Trinajstić information content (AvgIpc) is 3.19. The Labute approximate surface area is 136 Å². The van der Waals surface area contributed by atoms with Crippen molar-refractivity contribution in [2.24, 2.45) is 0 Å². The number of carbonyl (C=O) groups excluding carboxylic acids is 1. The van der Waals surface area contributed by atoms with Crippen molar-refractivity contribution in [3.63, 3.8) is 0 Å². The van der Waals surface area contributed by atoms with Crippen LogP contribution in [0.1, 0.15) is 12.2 Å². The van der Waals surface area contributed by atoms with E-state index >= 15 is 0 Å². The molecule has 0 aliphatic carbocycles. The zero-order valence-electron chi connectivity index (χ0n) is 11.8. The van der Waals surface area contributed by atoms with Crippen molar-refractivity contribution in [3.8, 4) is 5.88 Å². The van der Waals surface area contributed by atoms with Crippen LogP contribution in [0, 0.1) is 0 Å². The number of hydrogen-bond donors (Lipinski definition) is 0. The number of furan rings is 1. The molecule has 1 saturated heterocycles. The monoisotopic (exact) mass is 362 g/mol. The van der Waals surface area contributed by atoms with Crippen molar-refractivity contribution in [3.05, 3.63) is 53.0 Å². The molecule has 2 aromatic heterocycles. The van der Waals surface area contributed by atoms with Crippen LogP contribution in [0.15, 0.2) is 51.7 Å². The van der Waals surface area contributed by atoms with E-state index in [0.717, 1.165) is 10.9 Å². The van der Waals surface area contributed by atoms with E-state index in [-0.39, 0.29) is 12.0 Å². The van der Waals surface area contributed by atoms with Gasteiger partial charge in [0.1, 0.15) is 11.9 Å². The van der Waals surface area contributed by atoms with Gasteiger partial charge in [0.05, 0.1) is 12.8 Å². The van der Waals surface area contributed by atoms with Crippen LogP contribution in [0.25, 0.3) is 6.08 Å². The van der Waals surface area contributed by atoms with Gasteiger partial charge < -0.3 is 14.1 Å². The molecule has 1 amide bonds. The largest absolute Gasteiger partial charge is 0.472 e. The highest BCUT2D eigenvalue weighted by Gasteiger charge is 2.26. The lowest BCUT2D eigenvalue weighted by Gasteiger charge is -2.15. The molecule has 0 radical (unpaired) electrons. The normalized spacial score (nSPS) is 18.0. The van der Waals surface area contributed by atoms with Crippen LogP contribution >= 0.6 is 15.9 Å². The summed E-state index contributed by atoms with van der Waals surface area (Å²) in [5, 5.41) is 0. The van der Waals surface area contributed by atoms with E-state index in [1.165, 1.54) is 6.08 Å². The van der Waals surface area contributed by atoms with E-state index in [9.17, 15) is 4.79 Å². The second kappa shape index (κ2) is 6.79. The number of rotatable bonds is 4. The molecule has 114 valence electrons. The average molecular weight is 363 g/mol. The van der Waals surface area contributed by atoms with Crippen molar-refractivity contribution in [1.29, 1.82) is 0 Å². The molecule has 6 heteroatoms. The summed E-state index contributed by atoms with van der Waals surface area (Å²) in [5.74, 6) is 1.21. The number of hydrogen-bond acceptors (Lipinski definition) is 4. The molecular weight excluding hydrogens is 348 g/mol. The minimum Gasteiger partial charge on any atom is -0.472 e. The number of halogens is 1. The van der Waals surface area contributed by atoms with E-state index in [1.54, 1.807) is 35.6 Å². The SMILES string of the molecule is O=C(/C=C/c1ccco1)N1CC[C@@H](Oc2ccc(Br)cn2)C1. The number of nitrogens with zero attached hydrogens (tertiary/aromatic N) is 2. The minimum atomic E-state index is -0.0359. The van der Waals surface area contributed by atoms with Crippen LogP contribution in [-0.4, -0.2) is 35.0 Å². The van der Waals surface area contributed by atoms with Gasteiger partial charge in [0.25, 0.3) is 0 Å². The molecule has 0 saturated carbocycles. The molecule has 1 aliphatic heterocycles. The Kier molecular flexibility index (Phi) is 4.58. The highest BCUT2D eigenvalue weighted by Crippen LogP contribution is 2.18. The fourth-order valence-corrected chi connectivity index (χ4v) is 2.51. The van der Waals surface area contributed by atoms with Crippen LogP contribution < -0.4 is 4.74 Å². The number of ether oxygens (including phenoxy) is 1. The smallest absolute Gasteiger partial charge is 0.246 e. The van der Waals surface area contributed by atoms with Crippen molar-refractivity contribution in [1.82, 2.24) is 9.88 Å². The molecule has 2 aromatic rings. The predicted octanol–water partition coefficient (Wildman–Crippen LogP) is 3.13. The Morgan fingerprint density at radius 1 is 1.45 bits per heavy atom. The predicted molar refractivity (Wildman–Crippen MR) is 85.3 cm³/mol. The second-order valence-electron chi connectivity index (χ2n) is 4.98. The quantitative estimate of drug-likeness (QED) is 0.784. The maximum Gasteiger partial charge on any atom is 0.246 e. The molecule has 0 bridgehead atoms. The summed E-state index contributed by atoms with van der Waals surface area (Å²) >= 11 is 3.33. The topological polar surface area (TPSA) is 55.6 Å². The third-order valence-corrected chi connectivity index (χ3v) is 3.85. The molecule has 0 N–H and O–H groups in total. The molecular formula is C16H15BrN2O3. The van der Waals surface area contributed by atoms with Crippen molar-refractivity contribution < 1.29 is 13.9 Å². The van der Waals surface area contributed by atoms with Gasteiger partial charge in [0, 0.05) is 35.8 Å². The third-order valence-electron chi connectivity index (χ3n) is 3.38. The lowest BCUT2D eigenvalue weighted by atomic mass is 10.3. The highest BCUT2D eigenvalue weighted by atomic mass is 79.9. The first-order chi connectivity index (χ1) is 10.7. The van der Waals surface area contributed by atoms with Crippen LogP contribution in [-0.2, 0) is 4.79 Å². The summed E-state index contributed by atoms with van der Waals surface area (Å²) in [7, 11) is 0. The molecule has 3 heterocycles. The van der Waals surface area contributed by atoms with Gasteiger partial charge in [-0.25, -0.2) is 4.98 Å². The summed E-state index contributed by atoms with van der Waals surface area (Å²) in [4.78, 5) is 18.1. The molecule has 5 nitrogen and oxygen atoms in total. The van der Waals surface area contributed by atoms with E-state index in [2.05, 4.69) is 20.9 Å². The second-order valence-corrected chi connectivity index (χ2v) is 5.89. The summed E-state index contributed by atoms with van der Waals surface area (Å²) in [6, 6.07) is 7.28. The molecule has 1 fully saturated rings. The number of amides is 1. The Morgan fingerprint density at radius 2 is 2.36 bits per heavy atom. The fraction of sp³-hybridized carbons (Fsp3) is 0.250. The van der Waals surface area contributed by atoms with E-state index in [4.69, 9.17) is 9.15 Å². The van der Waals surface area contributed by atoms with Gasteiger partial charge >= 0.3 is 0 Å². The lowest BCUT2D eigenvalue weighted by molar-refractivity contribution is -0.125. The first kappa shape index (κ1) is 14.8. The van der Waals surface area contributed by atoms with E-state index < -0.39 is 0 Å². The third kappa shape index (κ3) is 3.76. The summed E-state index contributed by atoms with van der Waals surface area (Å²) < 4.78 is 11.9. The number of likely N-dealkylation sites (tertiary alicyclic amines) is 1. The lowest BCUT2D eigenvalue weighted by Crippen LogP contribution is -2.29. The number of pyridine rings is 1. The van der Waals surface area contributed by atoms with Gasteiger partial charge in [-0.3, -0.25) is 4.79 Å². The van der Waals surface area contributed by atoms with Gasteiger partial charge in [-0.15, -0.1) is 0 Å². The molecule has 22 heavy (non-hydrogen) atoms.